The van der Waals surface area contributed by atoms with Gasteiger partial charge in [-0.1, -0.05) is 83.0 Å². The normalized spacial score (nSPS) is 12.8. The van der Waals surface area contributed by atoms with E-state index in [4.69, 9.17) is 0 Å². The second kappa shape index (κ2) is 13.8. The van der Waals surface area contributed by atoms with E-state index in [1.807, 2.05) is 75.4 Å². The Labute approximate surface area is 240 Å². The van der Waals surface area contributed by atoms with Gasteiger partial charge in [0.2, 0.25) is 21.8 Å². The maximum atomic E-state index is 14.0. The molecule has 0 aliphatic heterocycles. The lowest BCUT2D eigenvalue weighted by Crippen LogP contribution is -2.54. The highest BCUT2D eigenvalue weighted by atomic mass is 79.9. The third-order valence-corrected chi connectivity index (χ3v) is 8.15. The zero-order valence-electron chi connectivity index (χ0n) is 22.8. The largest absolute Gasteiger partial charge is 0.352 e. The number of sulfonamides is 1. The third-order valence-electron chi connectivity index (χ3n) is 6.52. The van der Waals surface area contributed by atoms with Gasteiger partial charge in [0.15, 0.2) is 0 Å². The van der Waals surface area contributed by atoms with Crippen LogP contribution in [0.1, 0.15) is 37.0 Å². The molecule has 0 radical (unpaired) electrons. The Morgan fingerprint density at radius 3 is 2.18 bits per heavy atom. The fourth-order valence-corrected chi connectivity index (χ4v) is 5.45. The monoisotopic (exact) mass is 613 g/mol. The first-order valence-electron chi connectivity index (χ1n) is 12.9. The molecule has 2 amide bonds. The number of benzene rings is 3. The molecule has 0 spiro atoms. The van der Waals surface area contributed by atoms with Crippen LogP contribution in [0.2, 0.25) is 0 Å². The Balaban J connectivity index is 2.05. The summed E-state index contributed by atoms with van der Waals surface area (Å²) in [5.41, 5.74) is 3.07. The van der Waals surface area contributed by atoms with Crippen molar-refractivity contribution >= 4 is 43.5 Å². The molecule has 0 heterocycles. The topological polar surface area (TPSA) is 86.8 Å². The molecule has 3 aromatic carbocycles. The van der Waals surface area contributed by atoms with Crippen molar-refractivity contribution in [1.82, 2.24) is 10.2 Å². The SMILES string of the molecule is CC[C@H](C)NC(=O)[C@@H](Cc1ccccc1)N(Cc1cccc(Br)c1)C(=O)CN(c1ccc(C)cc1)S(C)(=O)=O. The third kappa shape index (κ3) is 8.93. The van der Waals surface area contributed by atoms with Crippen LogP contribution in [0.15, 0.2) is 83.3 Å². The molecular formula is C30H36BrN3O4S. The van der Waals surface area contributed by atoms with Crippen molar-refractivity contribution in [2.24, 2.45) is 0 Å². The minimum Gasteiger partial charge on any atom is -0.352 e. The molecule has 0 aromatic heterocycles. The van der Waals surface area contributed by atoms with Gasteiger partial charge in [0.25, 0.3) is 0 Å². The predicted molar refractivity (Wildman–Crippen MR) is 160 cm³/mol. The zero-order valence-corrected chi connectivity index (χ0v) is 25.2. The van der Waals surface area contributed by atoms with Crippen molar-refractivity contribution < 1.29 is 18.0 Å². The lowest BCUT2D eigenvalue weighted by molar-refractivity contribution is -0.140. The van der Waals surface area contributed by atoms with Crippen LogP contribution >= 0.6 is 15.9 Å². The number of hydrogen-bond acceptors (Lipinski definition) is 4. The molecule has 0 saturated heterocycles. The van der Waals surface area contributed by atoms with E-state index in [1.54, 1.807) is 24.3 Å². The van der Waals surface area contributed by atoms with E-state index in [2.05, 4.69) is 21.2 Å². The minimum atomic E-state index is -3.79. The fourth-order valence-electron chi connectivity index (χ4n) is 4.15. The van der Waals surface area contributed by atoms with Crippen LogP contribution in [0.5, 0.6) is 0 Å². The number of anilines is 1. The van der Waals surface area contributed by atoms with Crippen LogP contribution in [0, 0.1) is 6.92 Å². The molecule has 0 fully saturated rings. The summed E-state index contributed by atoms with van der Waals surface area (Å²) < 4.78 is 27.6. The fraction of sp³-hybridized carbons (Fsp3) is 0.333. The molecule has 0 bridgehead atoms. The summed E-state index contributed by atoms with van der Waals surface area (Å²) >= 11 is 3.48. The molecular weight excluding hydrogens is 578 g/mol. The van der Waals surface area contributed by atoms with Crippen LogP contribution in [-0.2, 0) is 32.6 Å². The number of amides is 2. The Morgan fingerprint density at radius 2 is 1.59 bits per heavy atom. The van der Waals surface area contributed by atoms with E-state index in [0.717, 1.165) is 38.1 Å². The number of halogens is 1. The Hall–Kier alpha value is -3.17. The summed E-state index contributed by atoms with van der Waals surface area (Å²) in [6.07, 6.45) is 2.10. The smallest absolute Gasteiger partial charge is 0.244 e. The lowest BCUT2D eigenvalue weighted by atomic mass is 10.0. The average Bonchev–Trinajstić information content (AvgIpc) is 2.89. The molecule has 9 heteroatoms. The van der Waals surface area contributed by atoms with Crippen LogP contribution in [0.25, 0.3) is 0 Å². The molecule has 0 aliphatic rings. The predicted octanol–water partition coefficient (Wildman–Crippen LogP) is 5.08. The molecule has 0 unspecified atom stereocenters. The molecule has 208 valence electrons. The van der Waals surface area contributed by atoms with Gasteiger partial charge in [0.1, 0.15) is 12.6 Å². The van der Waals surface area contributed by atoms with Gasteiger partial charge in [-0.3, -0.25) is 13.9 Å². The minimum absolute atomic E-state index is 0.0846. The van der Waals surface area contributed by atoms with Crippen molar-refractivity contribution in [2.45, 2.75) is 52.2 Å². The van der Waals surface area contributed by atoms with Gasteiger partial charge in [0.05, 0.1) is 11.9 Å². The zero-order chi connectivity index (χ0) is 28.6. The summed E-state index contributed by atoms with van der Waals surface area (Å²) in [6, 6.07) is 23.1. The van der Waals surface area contributed by atoms with Crippen molar-refractivity contribution in [1.29, 1.82) is 0 Å². The Kier molecular flexibility index (Phi) is 10.7. The summed E-state index contributed by atoms with van der Waals surface area (Å²) in [4.78, 5) is 29.2. The molecule has 1 N–H and O–H groups in total. The number of hydrogen-bond donors (Lipinski definition) is 1. The van der Waals surface area contributed by atoms with Crippen molar-refractivity contribution in [2.75, 3.05) is 17.1 Å². The van der Waals surface area contributed by atoms with Crippen LogP contribution in [0.3, 0.4) is 0 Å². The number of carbonyl (C=O) groups is 2. The number of aryl methyl sites for hydroxylation is 1. The number of nitrogens with zero attached hydrogens (tertiary/aromatic N) is 2. The van der Waals surface area contributed by atoms with E-state index >= 15 is 0 Å². The molecule has 0 aliphatic carbocycles. The molecule has 0 saturated carbocycles. The number of nitrogens with one attached hydrogen (secondary N) is 1. The lowest BCUT2D eigenvalue weighted by Gasteiger charge is -2.34. The van der Waals surface area contributed by atoms with Gasteiger partial charge in [-0.15, -0.1) is 0 Å². The van der Waals surface area contributed by atoms with E-state index in [9.17, 15) is 18.0 Å². The molecule has 7 nitrogen and oxygen atoms in total. The number of carbonyl (C=O) groups excluding carboxylic acids is 2. The summed E-state index contributed by atoms with van der Waals surface area (Å²) in [5.74, 6) is -0.751. The van der Waals surface area contributed by atoms with Crippen LogP contribution in [0.4, 0.5) is 5.69 Å². The van der Waals surface area contributed by atoms with E-state index < -0.39 is 28.5 Å². The van der Waals surface area contributed by atoms with Gasteiger partial charge in [-0.2, -0.15) is 0 Å². The molecule has 3 rings (SSSR count). The maximum absolute atomic E-state index is 14.0. The van der Waals surface area contributed by atoms with Crippen molar-refractivity contribution in [3.8, 4) is 0 Å². The van der Waals surface area contributed by atoms with Gasteiger partial charge >= 0.3 is 0 Å². The first kappa shape index (κ1) is 30.4. The van der Waals surface area contributed by atoms with Crippen LogP contribution in [-0.4, -0.2) is 50.0 Å². The quantitative estimate of drug-likeness (QED) is 0.309. The number of rotatable bonds is 12. The standard InChI is InChI=1S/C30H36BrN3O4S/c1-5-23(3)32-30(36)28(19-24-10-7-6-8-11-24)33(20-25-12-9-13-26(31)18-25)29(35)21-34(39(4,37)38)27-16-14-22(2)15-17-27/h6-18,23,28H,5,19-21H2,1-4H3,(H,32,36)/t23-,28+/m0/s1. The Bertz CT molecular complexity index is 1360. The second-order valence-electron chi connectivity index (χ2n) is 9.78. The van der Waals surface area contributed by atoms with Gasteiger partial charge in [-0.25, -0.2) is 8.42 Å². The first-order valence-corrected chi connectivity index (χ1v) is 15.5. The van der Waals surface area contributed by atoms with E-state index in [-0.39, 0.29) is 24.9 Å². The van der Waals surface area contributed by atoms with Gasteiger partial charge < -0.3 is 10.2 Å². The summed E-state index contributed by atoms with van der Waals surface area (Å²) in [6.45, 7) is 5.50. The molecule has 39 heavy (non-hydrogen) atoms. The van der Waals surface area contributed by atoms with Crippen molar-refractivity contribution in [3.05, 3.63) is 100 Å². The van der Waals surface area contributed by atoms with E-state index in [0.29, 0.717) is 5.69 Å². The average molecular weight is 615 g/mol. The van der Waals surface area contributed by atoms with E-state index in [1.165, 1.54) is 4.90 Å². The first-order chi connectivity index (χ1) is 18.5. The van der Waals surface area contributed by atoms with Gasteiger partial charge in [-0.05, 0) is 55.7 Å². The summed E-state index contributed by atoms with van der Waals surface area (Å²) in [7, 11) is -3.79. The highest BCUT2D eigenvalue weighted by molar-refractivity contribution is 9.10. The second-order valence-corrected chi connectivity index (χ2v) is 12.6. The van der Waals surface area contributed by atoms with Crippen LogP contribution < -0.4 is 9.62 Å². The highest BCUT2D eigenvalue weighted by Gasteiger charge is 2.33. The van der Waals surface area contributed by atoms with Gasteiger partial charge in [0, 0.05) is 23.5 Å². The summed E-state index contributed by atoms with van der Waals surface area (Å²) in [5, 5.41) is 3.03. The maximum Gasteiger partial charge on any atom is 0.244 e. The van der Waals surface area contributed by atoms with Crippen molar-refractivity contribution in [3.63, 3.8) is 0 Å². The molecule has 3 aromatic rings. The Morgan fingerprint density at radius 1 is 0.949 bits per heavy atom. The highest BCUT2D eigenvalue weighted by Crippen LogP contribution is 2.22. The molecule has 2 atom stereocenters.